The van der Waals surface area contributed by atoms with E-state index in [4.69, 9.17) is 5.11 Å². The predicted molar refractivity (Wildman–Crippen MR) is 71.9 cm³/mol. The fourth-order valence-electron chi connectivity index (χ4n) is 1.31. The lowest BCUT2D eigenvalue weighted by molar-refractivity contribution is -0.120. The maximum Gasteiger partial charge on any atom is 0.232 e. The molecule has 1 aromatic carbocycles. The molecule has 0 aliphatic heterocycles. The molecule has 1 atom stereocenters. The Bertz CT molecular complexity index is 329. The van der Waals surface area contributed by atoms with Crippen molar-refractivity contribution >= 4 is 17.7 Å². The first-order valence-electron chi connectivity index (χ1n) is 5.78. The highest BCUT2D eigenvalue weighted by molar-refractivity contribution is 7.99. The van der Waals surface area contributed by atoms with Crippen molar-refractivity contribution in [2.75, 3.05) is 13.2 Å². The average Bonchev–Trinajstić information content (AvgIpc) is 2.37. The lowest BCUT2D eigenvalue weighted by Gasteiger charge is -2.11. The van der Waals surface area contributed by atoms with Crippen LogP contribution in [-0.2, 0) is 10.5 Å². The molecule has 0 radical (unpaired) electrons. The van der Waals surface area contributed by atoms with Crippen LogP contribution in [-0.4, -0.2) is 29.4 Å². The van der Waals surface area contributed by atoms with Gasteiger partial charge in [0, 0.05) is 18.9 Å². The number of hydrogen-bond donors (Lipinski definition) is 2. The van der Waals surface area contributed by atoms with Gasteiger partial charge in [-0.05, 0) is 18.9 Å². The summed E-state index contributed by atoms with van der Waals surface area (Å²) in [7, 11) is 0. The van der Waals surface area contributed by atoms with E-state index in [0.29, 0.717) is 13.0 Å². The molecule has 3 nitrogen and oxygen atoms in total. The topological polar surface area (TPSA) is 49.3 Å². The SMILES string of the molecule is CC(SCc1ccccc1)C(=O)NCCCO. The number of carbonyl (C=O) groups is 1. The summed E-state index contributed by atoms with van der Waals surface area (Å²) >= 11 is 1.62. The van der Waals surface area contributed by atoms with E-state index in [1.54, 1.807) is 11.8 Å². The van der Waals surface area contributed by atoms with Crippen LogP contribution in [0.15, 0.2) is 30.3 Å². The van der Waals surface area contributed by atoms with E-state index < -0.39 is 0 Å². The first-order valence-corrected chi connectivity index (χ1v) is 6.83. The molecule has 0 aliphatic carbocycles. The molecule has 1 amide bonds. The summed E-state index contributed by atoms with van der Waals surface area (Å²) < 4.78 is 0. The van der Waals surface area contributed by atoms with Crippen LogP contribution in [0, 0.1) is 0 Å². The Morgan fingerprint density at radius 2 is 2.12 bits per heavy atom. The van der Waals surface area contributed by atoms with Gasteiger partial charge in [-0.15, -0.1) is 11.8 Å². The number of amides is 1. The molecule has 2 N–H and O–H groups in total. The molecular formula is C13H19NO2S. The fourth-order valence-corrected chi connectivity index (χ4v) is 2.18. The van der Waals surface area contributed by atoms with Crippen molar-refractivity contribution < 1.29 is 9.90 Å². The van der Waals surface area contributed by atoms with E-state index in [1.807, 2.05) is 25.1 Å². The molecule has 0 heterocycles. The normalized spacial score (nSPS) is 12.1. The Hall–Kier alpha value is -1.00. The Kier molecular flexibility index (Phi) is 6.74. The summed E-state index contributed by atoms with van der Waals surface area (Å²) in [5.74, 6) is 0.884. The van der Waals surface area contributed by atoms with Gasteiger partial charge in [0.2, 0.25) is 5.91 Å². The van der Waals surface area contributed by atoms with Crippen LogP contribution < -0.4 is 5.32 Å². The second kappa shape index (κ2) is 8.14. The Morgan fingerprint density at radius 3 is 2.76 bits per heavy atom. The monoisotopic (exact) mass is 253 g/mol. The third kappa shape index (κ3) is 5.75. The number of aliphatic hydroxyl groups excluding tert-OH is 1. The number of carbonyl (C=O) groups excluding carboxylic acids is 1. The van der Waals surface area contributed by atoms with Gasteiger partial charge in [-0.25, -0.2) is 0 Å². The highest BCUT2D eigenvalue weighted by Gasteiger charge is 2.12. The number of hydrogen-bond acceptors (Lipinski definition) is 3. The van der Waals surface area contributed by atoms with Gasteiger partial charge in [0.15, 0.2) is 0 Å². The highest BCUT2D eigenvalue weighted by Crippen LogP contribution is 2.17. The number of rotatable bonds is 7. The second-order valence-corrected chi connectivity index (χ2v) is 5.14. The van der Waals surface area contributed by atoms with Crippen molar-refractivity contribution in [3.8, 4) is 0 Å². The first kappa shape index (κ1) is 14.1. The zero-order chi connectivity index (χ0) is 12.5. The van der Waals surface area contributed by atoms with Gasteiger partial charge in [-0.1, -0.05) is 30.3 Å². The molecule has 0 bridgehead atoms. The van der Waals surface area contributed by atoms with Crippen LogP contribution in [0.2, 0.25) is 0 Å². The van der Waals surface area contributed by atoms with E-state index in [2.05, 4.69) is 17.4 Å². The molecule has 1 aromatic rings. The first-order chi connectivity index (χ1) is 8.24. The van der Waals surface area contributed by atoms with Crippen molar-refractivity contribution in [1.82, 2.24) is 5.32 Å². The molecule has 0 saturated heterocycles. The zero-order valence-corrected chi connectivity index (χ0v) is 10.9. The molecule has 0 saturated carbocycles. The Balaban J connectivity index is 2.24. The highest BCUT2D eigenvalue weighted by atomic mass is 32.2. The van der Waals surface area contributed by atoms with Crippen LogP contribution >= 0.6 is 11.8 Å². The van der Waals surface area contributed by atoms with Gasteiger partial charge in [0.05, 0.1) is 5.25 Å². The molecule has 0 spiro atoms. The maximum atomic E-state index is 11.6. The van der Waals surface area contributed by atoms with E-state index >= 15 is 0 Å². The minimum Gasteiger partial charge on any atom is -0.396 e. The van der Waals surface area contributed by atoms with Crippen LogP contribution in [0.1, 0.15) is 18.9 Å². The van der Waals surface area contributed by atoms with E-state index in [-0.39, 0.29) is 17.8 Å². The van der Waals surface area contributed by atoms with Gasteiger partial charge in [0.1, 0.15) is 0 Å². The number of thioether (sulfide) groups is 1. The van der Waals surface area contributed by atoms with E-state index in [0.717, 1.165) is 5.75 Å². The summed E-state index contributed by atoms with van der Waals surface area (Å²) in [5, 5.41) is 11.4. The molecule has 1 unspecified atom stereocenters. The van der Waals surface area contributed by atoms with Gasteiger partial charge >= 0.3 is 0 Å². The summed E-state index contributed by atoms with van der Waals surface area (Å²) in [6.07, 6.45) is 0.613. The van der Waals surface area contributed by atoms with Crippen LogP contribution in [0.5, 0.6) is 0 Å². The molecule has 4 heteroatoms. The minimum absolute atomic E-state index is 0.0411. The number of aliphatic hydroxyl groups is 1. The third-order valence-electron chi connectivity index (χ3n) is 2.35. The summed E-state index contributed by atoms with van der Waals surface area (Å²) in [6, 6.07) is 10.1. The minimum atomic E-state index is -0.0612. The van der Waals surface area contributed by atoms with E-state index in [1.165, 1.54) is 5.56 Å². The van der Waals surface area contributed by atoms with Crippen LogP contribution in [0.25, 0.3) is 0 Å². The smallest absolute Gasteiger partial charge is 0.232 e. The fraction of sp³-hybridized carbons (Fsp3) is 0.462. The summed E-state index contributed by atoms with van der Waals surface area (Å²) in [6.45, 7) is 2.57. The molecule has 1 rings (SSSR count). The molecular weight excluding hydrogens is 234 g/mol. The van der Waals surface area contributed by atoms with Crippen LogP contribution in [0.3, 0.4) is 0 Å². The predicted octanol–water partition coefficient (Wildman–Crippen LogP) is 1.81. The van der Waals surface area contributed by atoms with Gasteiger partial charge in [-0.2, -0.15) is 0 Å². The molecule has 94 valence electrons. The van der Waals surface area contributed by atoms with Crippen molar-refractivity contribution in [3.63, 3.8) is 0 Å². The van der Waals surface area contributed by atoms with Gasteiger partial charge in [0.25, 0.3) is 0 Å². The quantitative estimate of drug-likeness (QED) is 0.729. The zero-order valence-electron chi connectivity index (χ0n) is 10.1. The van der Waals surface area contributed by atoms with E-state index in [9.17, 15) is 4.79 Å². The van der Waals surface area contributed by atoms with Crippen molar-refractivity contribution in [1.29, 1.82) is 0 Å². The van der Waals surface area contributed by atoms with Crippen molar-refractivity contribution in [3.05, 3.63) is 35.9 Å². The summed E-state index contributed by atoms with van der Waals surface area (Å²) in [4.78, 5) is 11.6. The van der Waals surface area contributed by atoms with Gasteiger partial charge in [-0.3, -0.25) is 4.79 Å². The second-order valence-electron chi connectivity index (χ2n) is 3.81. The van der Waals surface area contributed by atoms with Crippen LogP contribution in [0.4, 0.5) is 0 Å². The Labute approximate surface area is 107 Å². The molecule has 0 fully saturated rings. The third-order valence-corrected chi connectivity index (χ3v) is 3.56. The largest absolute Gasteiger partial charge is 0.396 e. The lowest BCUT2D eigenvalue weighted by Crippen LogP contribution is -2.32. The Morgan fingerprint density at radius 1 is 1.41 bits per heavy atom. The lowest BCUT2D eigenvalue weighted by atomic mass is 10.2. The van der Waals surface area contributed by atoms with Crippen molar-refractivity contribution in [2.24, 2.45) is 0 Å². The number of benzene rings is 1. The standard InChI is InChI=1S/C13H19NO2S/c1-11(13(16)14-8-5-9-15)17-10-12-6-3-2-4-7-12/h2-4,6-7,11,15H,5,8-10H2,1H3,(H,14,16). The van der Waals surface area contributed by atoms with Crippen molar-refractivity contribution in [2.45, 2.75) is 24.3 Å². The average molecular weight is 253 g/mol. The number of nitrogens with one attached hydrogen (secondary N) is 1. The molecule has 17 heavy (non-hydrogen) atoms. The molecule has 0 aromatic heterocycles. The van der Waals surface area contributed by atoms with Gasteiger partial charge < -0.3 is 10.4 Å². The summed E-state index contributed by atoms with van der Waals surface area (Å²) in [5.41, 5.74) is 1.23. The maximum absolute atomic E-state index is 11.6. The molecule has 0 aliphatic rings.